The molecule has 0 radical (unpaired) electrons. The quantitative estimate of drug-likeness (QED) is 0.190. The Hall–Kier alpha value is -7.24. The molecule has 250 valence electrons. The minimum Gasteiger partial charge on any atom is -0.507 e. The molecule has 3 heterocycles. The first-order chi connectivity index (χ1) is 26.2. The van der Waals surface area contributed by atoms with Crippen molar-refractivity contribution in [1.82, 2.24) is 14.5 Å². The average Bonchev–Trinajstić information content (AvgIpc) is 3.83. The molecule has 0 saturated heterocycles. The van der Waals surface area contributed by atoms with Crippen molar-refractivity contribution in [3.05, 3.63) is 182 Å². The highest BCUT2D eigenvalue weighted by atomic mass is 16.3. The van der Waals surface area contributed by atoms with E-state index in [-0.39, 0.29) is 5.75 Å². The first-order valence-corrected chi connectivity index (χ1v) is 17.6. The Kier molecular flexibility index (Phi) is 7.22. The van der Waals surface area contributed by atoms with Gasteiger partial charge < -0.3 is 9.52 Å². The molecule has 0 aliphatic rings. The zero-order valence-electron chi connectivity index (χ0n) is 28.5. The summed E-state index contributed by atoms with van der Waals surface area (Å²) in [5, 5.41) is 15.5. The zero-order valence-corrected chi connectivity index (χ0v) is 28.5. The minimum absolute atomic E-state index is 0.154. The van der Waals surface area contributed by atoms with Crippen LogP contribution in [0, 0.1) is 0 Å². The van der Waals surface area contributed by atoms with Crippen LogP contribution >= 0.6 is 0 Å². The van der Waals surface area contributed by atoms with E-state index in [2.05, 4.69) is 114 Å². The van der Waals surface area contributed by atoms with E-state index in [4.69, 9.17) is 14.4 Å². The monoisotopic (exact) mass is 681 g/mol. The molecule has 0 saturated carbocycles. The van der Waals surface area contributed by atoms with Gasteiger partial charge in [0.2, 0.25) is 0 Å². The summed E-state index contributed by atoms with van der Waals surface area (Å²) >= 11 is 0. The molecule has 10 aromatic rings. The molecule has 10 rings (SSSR count). The fourth-order valence-electron chi connectivity index (χ4n) is 7.44. The van der Waals surface area contributed by atoms with Crippen molar-refractivity contribution < 1.29 is 9.52 Å². The van der Waals surface area contributed by atoms with Gasteiger partial charge in [0.15, 0.2) is 0 Å². The molecule has 7 aromatic carbocycles. The Balaban J connectivity index is 1.28. The standard InChI is InChI=1S/C48H31N3O2/c52-44-24-11-9-21-39(44)48-50-43(30-51(48)46-36(31-14-3-1-4-15-31)22-13-23-37(46)32-16-5-2-6-17-32)35-26-40-38-20-10-12-25-45(38)53-47(40)41(27-35)42-28-33-18-7-8-19-34(33)29-49-42/h1-30,52H. The summed E-state index contributed by atoms with van der Waals surface area (Å²) in [6, 6.07) is 57.4. The number of aromatic hydroxyl groups is 1. The summed E-state index contributed by atoms with van der Waals surface area (Å²) in [5.41, 5.74) is 10.8. The molecule has 0 unspecified atom stereocenters. The van der Waals surface area contributed by atoms with Crippen molar-refractivity contribution in [3.63, 3.8) is 0 Å². The van der Waals surface area contributed by atoms with Crippen molar-refractivity contribution in [1.29, 1.82) is 0 Å². The van der Waals surface area contributed by atoms with Gasteiger partial charge in [-0.3, -0.25) is 9.55 Å². The third-order valence-corrected chi connectivity index (χ3v) is 9.98. The second-order valence-electron chi connectivity index (χ2n) is 13.2. The van der Waals surface area contributed by atoms with Crippen LogP contribution in [0.2, 0.25) is 0 Å². The summed E-state index contributed by atoms with van der Waals surface area (Å²) in [7, 11) is 0. The molecule has 0 fully saturated rings. The highest BCUT2D eigenvalue weighted by Gasteiger charge is 2.23. The maximum absolute atomic E-state index is 11.3. The lowest BCUT2D eigenvalue weighted by atomic mass is 9.95. The summed E-state index contributed by atoms with van der Waals surface area (Å²) in [5.74, 6) is 0.780. The third-order valence-electron chi connectivity index (χ3n) is 9.98. The minimum atomic E-state index is 0.154. The normalized spacial score (nSPS) is 11.5. The lowest BCUT2D eigenvalue weighted by Crippen LogP contribution is -2.02. The number of hydrogen-bond donors (Lipinski definition) is 1. The summed E-state index contributed by atoms with van der Waals surface area (Å²) in [6.07, 6.45) is 4.01. The van der Waals surface area contributed by atoms with E-state index in [1.807, 2.05) is 66.9 Å². The third kappa shape index (κ3) is 5.26. The molecule has 3 aromatic heterocycles. The van der Waals surface area contributed by atoms with Crippen LogP contribution in [0.1, 0.15) is 0 Å². The van der Waals surface area contributed by atoms with Crippen molar-refractivity contribution >= 4 is 32.7 Å². The average molecular weight is 682 g/mol. The highest BCUT2D eigenvalue weighted by molar-refractivity contribution is 6.11. The molecule has 53 heavy (non-hydrogen) atoms. The highest BCUT2D eigenvalue weighted by Crippen LogP contribution is 2.43. The maximum atomic E-state index is 11.3. The zero-order chi connectivity index (χ0) is 35.3. The van der Waals surface area contributed by atoms with Gasteiger partial charge in [-0.2, -0.15) is 0 Å². The first-order valence-electron chi connectivity index (χ1n) is 17.6. The van der Waals surface area contributed by atoms with E-state index >= 15 is 0 Å². The Labute approximate surface area is 305 Å². The van der Waals surface area contributed by atoms with Crippen LogP contribution in [0.4, 0.5) is 0 Å². The summed E-state index contributed by atoms with van der Waals surface area (Å²) in [6.45, 7) is 0. The number of imidazole rings is 1. The Morgan fingerprint density at radius 1 is 0.491 bits per heavy atom. The second-order valence-corrected chi connectivity index (χ2v) is 13.2. The number of pyridine rings is 1. The van der Waals surface area contributed by atoms with Gasteiger partial charge in [-0.1, -0.05) is 133 Å². The van der Waals surface area contributed by atoms with Crippen molar-refractivity contribution in [2.24, 2.45) is 0 Å². The molecule has 0 aliphatic heterocycles. The fourth-order valence-corrected chi connectivity index (χ4v) is 7.44. The Morgan fingerprint density at radius 2 is 1.13 bits per heavy atom. The van der Waals surface area contributed by atoms with E-state index < -0.39 is 0 Å². The molecule has 1 N–H and O–H groups in total. The van der Waals surface area contributed by atoms with Gasteiger partial charge in [-0.15, -0.1) is 0 Å². The molecular weight excluding hydrogens is 651 g/mol. The topological polar surface area (TPSA) is 64.1 Å². The number of rotatable bonds is 6. The van der Waals surface area contributed by atoms with E-state index in [0.29, 0.717) is 11.4 Å². The number of para-hydroxylation sites is 3. The van der Waals surface area contributed by atoms with Crippen molar-refractivity contribution in [2.45, 2.75) is 0 Å². The Bertz CT molecular complexity index is 2900. The smallest absolute Gasteiger partial charge is 0.149 e. The van der Waals surface area contributed by atoms with Gasteiger partial charge >= 0.3 is 0 Å². The largest absolute Gasteiger partial charge is 0.507 e. The van der Waals surface area contributed by atoms with Crippen LogP contribution in [-0.2, 0) is 0 Å². The number of phenolic OH excluding ortho intramolecular Hbond substituents is 1. The van der Waals surface area contributed by atoms with Gasteiger partial charge in [0, 0.05) is 50.8 Å². The van der Waals surface area contributed by atoms with Gasteiger partial charge in [0.05, 0.1) is 22.6 Å². The molecule has 0 spiro atoms. The van der Waals surface area contributed by atoms with Gasteiger partial charge in [-0.25, -0.2) is 4.98 Å². The van der Waals surface area contributed by atoms with Crippen LogP contribution in [0.15, 0.2) is 187 Å². The predicted octanol–water partition coefficient (Wildman–Crippen LogP) is 12.4. The molecule has 0 amide bonds. The van der Waals surface area contributed by atoms with Crippen LogP contribution < -0.4 is 0 Å². The molecular formula is C48H31N3O2. The first kappa shape index (κ1) is 30.6. The number of hydrogen-bond acceptors (Lipinski definition) is 4. The summed E-state index contributed by atoms with van der Waals surface area (Å²) < 4.78 is 8.69. The predicted molar refractivity (Wildman–Crippen MR) is 215 cm³/mol. The number of benzene rings is 7. The number of nitrogens with zero attached hydrogens (tertiary/aromatic N) is 3. The number of fused-ring (bicyclic) bond motifs is 4. The van der Waals surface area contributed by atoms with Gasteiger partial charge in [0.1, 0.15) is 22.7 Å². The molecule has 5 nitrogen and oxygen atoms in total. The number of phenols is 1. The van der Waals surface area contributed by atoms with Gasteiger partial charge in [-0.05, 0) is 52.9 Å². The fraction of sp³-hybridized carbons (Fsp3) is 0. The van der Waals surface area contributed by atoms with Crippen molar-refractivity contribution in [2.75, 3.05) is 0 Å². The second kappa shape index (κ2) is 12.5. The lowest BCUT2D eigenvalue weighted by molar-refractivity contribution is 0.477. The van der Waals surface area contributed by atoms with E-state index in [1.165, 1.54) is 0 Å². The van der Waals surface area contributed by atoms with E-state index in [1.54, 1.807) is 6.07 Å². The van der Waals surface area contributed by atoms with E-state index in [0.717, 1.165) is 83.2 Å². The maximum Gasteiger partial charge on any atom is 0.149 e. The van der Waals surface area contributed by atoms with Crippen LogP contribution in [0.3, 0.4) is 0 Å². The molecule has 0 bridgehead atoms. The Morgan fingerprint density at radius 3 is 1.89 bits per heavy atom. The van der Waals surface area contributed by atoms with Crippen LogP contribution in [0.5, 0.6) is 5.75 Å². The number of furan rings is 1. The lowest BCUT2D eigenvalue weighted by Gasteiger charge is -2.19. The molecule has 0 atom stereocenters. The molecule has 0 aliphatic carbocycles. The molecule has 5 heteroatoms. The van der Waals surface area contributed by atoms with Gasteiger partial charge in [0.25, 0.3) is 0 Å². The van der Waals surface area contributed by atoms with E-state index in [9.17, 15) is 5.11 Å². The van der Waals surface area contributed by atoms with Crippen molar-refractivity contribution in [3.8, 4) is 67.6 Å². The number of aromatic nitrogens is 3. The van der Waals surface area contributed by atoms with Crippen LogP contribution in [-0.4, -0.2) is 19.6 Å². The summed E-state index contributed by atoms with van der Waals surface area (Å²) in [4.78, 5) is 10.3. The SMILES string of the molecule is Oc1ccccc1-c1nc(-c2cc(-c3cc4ccccc4cn3)c3oc4ccccc4c3c2)cn1-c1c(-c2ccccc2)cccc1-c1ccccc1. The van der Waals surface area contributed by atoms with Crippen LogP contribution in [0.25, 0.3) is 94.6 Å².